The van der Waals surface area contributed by atoms with E-state index in [0.29, 0.717) is 5.78 Å². The van der Waals surface area contributed by atoms with Crippen LogP contribution in [-0.4, -0.2) is 26.5 Å². The molecule has 1 unspecified atom stereocenters. The second kappa shape index (κ2) is 5.24. The first-order valence-corrected chi connectivity index (χ1v) is 6.83. The average Bonchev–Trinajstić information content (AvgIpc) is 2.66. The van der Waals surface area contributed by atoms with Gasteiger partial charge >= 0.3 is 0 Å². The number of hydrogen-bond acceptors (Lipinski definition) is 3. The van der Waals surface area contributed by atoms with Gasteiger partial charge in [-0.15, -0.1) is 0 Å². The lowest BCUT2D eigenvalue weighted by molar-refractivity contribution is -0.127. The highest BCUT2D eigenvalue weighted by molar-refractivity contribution is 5.88. The molecule has 1 fully saturated rings. The molecule has 0 aliphatic heterocycles. The predicted octanol–water partition coefficient (Wildman–Crippen LogP) is 3.14. The minimum Gasteiger partial charge on any atom is -0.497 e. The quantitative estimate of drug-likeness (QED) is 0.834. The van der Waals surface area contributed by atoms with E-state index >= 15 is 0 Å². The number of hydrogen-bond donors (Lipinski definition) is 0. The highest BCUT2D eigenvalue weighted by atomic mass is 16.5. The number of anilines is 1. The summed E-state index contributed by atoms with van der Waals surface area (Å²) in [7, 11) is 3.70. The average molecular weight is 261 g/mol. The largest absolute Gasteiger partial charge is 0.497 e. The molecule has 1 saturated carbocycles. The maximum Gasteiger partial charge on any atom is 0.143 e. The third kappa shape index (κ3) is 2.91. The molecule has 1 atom stereocenters. The fraction of sp³-hybridized carbons (Fsp3) is 0.562. The zero-order chi connectivity index (χ0) is 14.0. The molecule has 1 aromatic carbocycles. The molecule has 1 aliphatic carbocycles. The number of nitrogens with zero attached hydrogens (tertiary/aromatic N) is 1. The van der Waals surface area contributed by atoms with E-state index in [1.165, 1.54) is 0 Å². The Labute approximate surface area is 115 Å². The van der Waals surface area contributed by atoms with Gasteiger partial charge < -0.3 is 9.64 Å². The van der Waals surface area contributed by atoms with Crippen molar-refractivity contribution in [2.45, 2.75) is 26.7 Å². The molecule has 3 nitrogen and oxygen atoms in total. The van der Waals surface area contributed by atoms with E-state index in [-0.39, 0.29) is 11.3 Å². The first-order chi connectivity index (χ1) is 8.94. The van der Waals surface area contributed by atoms with Crippen molar-refractivity contribution in [2.24, 2.45) is 11.3 Å². The van der Waals surface area contributed by atoms with Gasteiger partial charge in [0, 0.05) is 36.7 Å². The Kier molecular flexibility index (Phi) is 3.83. The molecule has 0 aromatic heterocycles. The summed E-state index contributed by atoms with van der Waals surface area (Å²) in [6.07, 6.45) is 2.00. The van der Waals surface area contributed by atoms with E-state index < -0.39 is 0 Å². The smallest absolute Gasteiger partial charge is 0.143 e. The van der Waals surface area contributed by atoms with Crippen LogP contribution in [0.2, 0.25) is 0 Å². The first kappa shape index (κ1) is 13.9. The number of benzene rings is 1. The standard InChI is InChI=1S/C16H23NO2/c1-16(2)9-8-12(15(16)18)11-17(3)13-6-5-7-14(10-13)19-4/h5-7,10,12H,8-9,11H2,1-4H3. The monoisotopic (exact) mass is 261 g/mol. The fourth-order valence-corrected chi connectivity index (χ4v) is 2.80. The minimum atomic E-state index is -0.139. The number of ketones is 1. The Bertz CT molecular complexity index is 468. The van der Waals surface area contributed by atoms with Crippen LogP contribution in [0.25, 0.3) is 0 Å². The molecule has 0 bridgehead atoms. The maximum absolute atomic E-state index is 12.3. The Hall–Kier alpha value is -1.51. The summed E-state index contributed by atoms with van der Waals surface area (Å²) in [5.74, 6) is 1.41. The summed E-state index contributed by atoms with van der Waals surface area (Å²) in [4.78, 5) is 14.4. The molecule has 3 heteroatoms. The van der Waals surface area contributed by atoms with Crippen LogP contribution < -0.4 is 9.64 Å². The van der Waals surface area contributed by atoms with Gasteiger partial charge in [-0.3, -0.25) is 4.79 Å². The third-order valence-electron chi connectivity index (χ3n) is 4.14. The normalized spacial score (nSPS) is 21.5. The van der Waals surface area contributed by atoms with Crippen LogP contribution in [0.5, 0.6) is 5.75 Å². The van der Waals surface area contributed by atoms with E-state index in [1.54, 1.807) is 7.11 Å². The van der Waals surface area contributed by atoms with Crippen molar-refractivity contribution >= 4 is 11.5 Å². The zero-order valence-corrected chi connectivity index (χ0v) is 12.3. The van der Waals surface area contributed by atoms with Gasteiger partial charge in [0.1, 0.15) is 11.5 Å². The number of carbonyl (C=O) groups is 1. The summed E-state index contributed by atoms with van der Waals surface area (Å²) in [6, 6.07) is 7.96. The van der Waals surface area contributed by atoms with E-state index in [2.05, 4.69) is 18.7 Å². The van der Waals surface area contributed by atoms with Crippen molar-refractivity contribution in [3.63, 3.8) is 0 Å². The Morgan fingerprint density at radius 2 is 2.16 bits per heavy atom. The van der Waals surface area contributed by atoms with Crippen LogP contribution in [0.1, 0.15) is 26.7 Å². The van der Waals surface area contributed by atoms with Crippen LogP contribution in [-0.2, 0) is 4.79 Å². The SMILES string of the molecule is COc1cccc(N(C)CC2CCC(C)(C)C2=O)c1. The number of rotatable bonds is 4. The second-order valence-electron chi connectivity index (χ2n) is 6.07. The molecule has 0 spiro atoms. The number of Topliss-reactive ketones (excluding diaryl/α,β-unsaturated/α-hetero) is 1. The fourth-order valence-electron chi connectivity index (χ4n) is 2.80. The van der Waals surface area contributed by atoms with Crippen LogP contribution in [0, 0.1) is 11.3 Å². The van der Waals surface area contributed by atoms with E-state index in [1.807, 2.05) is 31.3 Å². The molecule has 0 radical (unpaired) electrons. The highest BCUT2D eigenvalue weighted by Crippen LogP contribution is 2.38. The molecule has 2 rings (SSSR count). The molecule has 1 aromatic rings. The summed E-state index contributed by atoms with van der Waals surface area (Å²) in [5.41, 5.74) is 0.955. The van der Waals surface area contributed by atoms with Gasteiger partial charge in [0.2, 0.25) is 0 Å². The molecule has 0 N–H and O–H groups in total. The van der Waals surface area contributed by atoms with Gasteiger partial charge in [0.25, 0.3) is 0 Å². The van der Waals surface area contributed by atoms with Crippen molar-refractivity contribution in [2.75, 3.05) is 25.6 Å². The highest BCUT2D eigenvalue weighted by Gasteiger charge is 2.40. The number of carbonyl (C=O) groups excluding carboxylic acids is 1. The van der Waals surface area contributed by atoms with Crippen molar-refractivity contribution in [1.82, 2.24) is 0 Å². The van der Waals surface area contributed by atoms with Crippen LogP contribution >= 0.6 is 0 Å². The van der Waals surface area contributed by atoms with E-state index in [4.69, 9.17) is 4.74 Å². The molecule has 19 heavy (non-hydrogen) atoms. The number of ether oxygens (including phenoxy) is 1. The van der Waals surface area contributed by atoms with Crippen molar-refractivity contribution in [1.29, 1.82) is 0 Å². The first-order valence-electron chi connectivity index (χ1n) is 6.83. The molecule has 0 heterocycles. The van der Waals surface area contributed by atoms with Crippen molar-refractivity contribution in [3.05, 3.63) is 24.3 Å². The molecule has 1 aliphatic rings. The predicted molar refractivity (Wildman–Crippen MR) is 77.8 cm³/mol. The van der Waals surface area contributed by atoms with Gasteiger partial charge in [0.05, 0.1) is 7.11 Å². The lowest BCUT2D eigenvalue weighted by Crippen LogP contribution is -2.31. The lowest BCUT2D eigenvalue weighted by Gasteiger charge is -2.24. The topological polar surface area (TPSA) is 29.5 Å². The van der Waals surface area contributed by atoms with Crippen molar-refractivity contribution < 1.29 is 9.53 Å². The van der Waals surface area contributed by atoms with E-state index in [9.17, 15) is 4.79 Å². The van der Waals surface area contributed by atoms with E-state index in [0.717, 1.165) is 30.8 Å². The Balaban J connectivity index is 2.05. The summed E-state index contributed by atoms with van der Waals surface area (Å²) < 4.78 is 5.24. The Morgan fingerprint density at radius 3 is 2.74 bits per heavy atom. The van der Waals surface area contributed by atoms with Gasteiger partial charge in [-0.05, 0) is 25.0 Å². The van der Waals surface area contributed by atoms with Crippen molar-refractivity contribution in [3.8, 4) is 5.75 Å². The summed E-state index contributed by atoms with van der Waals surface area (Å²) in [6.45, 7) is 4.90. The molecule has 0 saturated heterocycles. The van der Waals surface area contributed by atoms with Gasteiger partial charge in [-0.1, -0.05) is 19.9 Å². The minimum absolute atomic E-state index is 0.139. The molecular formula is C16H23NO2. The van der Waals surface area contributed by atoms with Crippen LogP contribution in [0.15, 0.2) is 24.3 Å². The van der Waals surface area contributed by atoms with Gasteiger partial charge in [-0.25, -0.2) is 0 Å². The van der Waals surface area contributed by atoms with Gasteiger partial charge in [0.15, 0.2) is 0 Å². The molecular weight excluding hydrogens is 238 g/mol. The maximum atomic E-state index is 12.3. The summed E-state index contributed by atoms with van der Waals surface area (Å²) in [5, 5.41) is 0. The molecule has 104 valence electrons. The number of methoxy groups -OCH3 is 1. The lowest BCUT2D eigenvalue weighted by atomic mass is 9.89. The van der Waals surface area contributed by atoms with Crippen LogP contribution in [0.3, 0.4) is 0 Å². The third-order valence-corrected chi connectivity index (χ3v) is 4.14. The second-order valence-corrected chi connectivity index (χ2v) is 6.07. The molecule has 0 amide bonds. The summed E-state index contributed by atoms with van der Waals surface area (Å²) >= 11 is 0. The zero-order valence-electron chi connectivity index (χ0n) is 12.3. The Morgan fingerprint density at radius 1 is 1.42 bits per heavy atom. The van der Waals surface area contributed by atoms with Crippen LogP contribution in [0.4, 0.5) is 5.69 Å². The van der Waals surface area contributed by atoms with Gasteiger partial charge in [-0.2, -0.15) is 0 Å².